The lowest BCUT2D eigenvalue weighted by atomic mass is 9.83. The van der Waals surface area contributed by atoms with Gasteiger partial charge in [-0.25, -0.2) is 0 Å². The number of hydrogen-bond donors (Lipinski definition) is 2. The van der Waals surface area contributed by atoms with Crippen LogP contribution >= 0.6 is 12.2 Å². The minimum Gasteiger partial charge on any atom is -0.464 e. The second-order valence-corrected chi connectivity index (χ2v) is 20.0. The molecule has 1 aliphatic carbocycles. The average Bonchev–Trinajstić information content (AvgIpc) is 3.34. The molecule has 0 aromatic heterocycles. The third-order valence-electron chi connectivity index (χ3n) is 14.0. The number of nitro groups is 1. The van der Waals surface area contributed by atoms with Gasteiger partial charge in [0.2, 0.25) is 5.79 Å². The maximum absolute atomic E-state index is 13.3. The molecule has 1 unspecified atom stereocenters. The van der Waals surface area contributed by atoms with Crippen molar-refractivity contribution in [2.45, 2.75) is 174 Å². The van der Waals surface area contributed by atoms with Gasteiger partial charge in [-0.2, -0.15) is 0 Å². The van der Waals surface area contributed by atoms with Crippen LogP contribution < -0.4 is 4.74 Å². The van der Waals surface area contributed by atoms with Crippen molar-refractivity contribution in [1.82, 2.24) is 4.90 Å². The van der Waals surface area contributed by atoms with Crippen molar-refractivity contribution in [3.05, 3.63) is 82.0 Å². The summed E-state index contributed by atoms with van der Waals surface area (Å²) in [6.07, 6.45) is 18.1. The first-order valence-electron chi connectivity index (χ1n) is 25.2. The van der Waals surface area contributed by atoms with Gasteiger partial charge in [0.25, 0.3) is 23.9 Å². The third kappa shape index (κ3) is 19.5. The van der Waals surface area contributed by atoms with E-state index >= 15 is 0 Å². The van der Waals surface area contributed by atoms with Gasteiger partial charge in [-0.1, -0.05) is 57.2 Å². The van der Waals surface area contributed by atoms with E-state index in [1.807, 2.05) is 51.2 Å². The van der Waals surface area contributed by atoms with Gasteiger partial charge in [0, 0.05) is 82.1 Å². The Labute approximate surface area is 424 Å². The van der Waals surface area contributed by atoms with E-state index in [1.54, 1.807) is 27.0 Å². The first kappa shape index (κ1) is 58.6. The number of methoxy groups -OCH3 is 1. The van der Waals surface area contributed by atoms with Crippen molar-refractivity contribution >= 4 is 52.9 Å². The number of likely N-dealkylation sites (tertiary alicyclic amines) is 1. The van der Waals surface area contributed by atoms with E-state index in [4.69, 9.17) is 35.9 Å². The fourth-order valence-corrected chi connectivity index (χ4v) is 9.75. The number of Topliss-reactive ketones (excluding diaryl/α,β-unsaturated/α-hetero) is 3. The number of carbonyl (C=O) groups excluding carboxylic acids is 5. The molecule has 1 saturated carbocycles. The third-order valence-corrected chi connectivity index (χ3v) is 14.2. The standard InChI is InChI=1S/C54H76N2O14S/c1-36(14-9-7-10-15-37(2)50(66-6)33-46-16-13-27-54(63,70-46)51(61)52(62)55-28-11-8-12-29-55)30-38(3)48(59)34-49(60)40(5)31-39(4)47(58)32-45(67-35-57)24-19-41-17-22-43(23-18-41)68-53(71)69-44-25-20-42(21-26-44)56(64)65/h7,9-10,14-15,20-21,25-26,31,35-36,38-39,41,43,45-46,49-50,60,63H,8,11-13,16-19,22-24,27-30,32-34H2,1-6H3/b10-7+,14-9+,37-15+,40-31+/t36-,38-,39-,41?,43?,45-,46?,49+,50+,54-/m1/s1. The number of piperidine rings is 1. The van der Waals surface area contributed by atoms with Gasteiger partial charge < -0.3 is 38.8 Å². The smallest absolute Gasteiger partial charge is 0.358 e. The Morgan fingerprint density at radius 2 is 1.63 bits per heavy atom. The minimum atomic E-state index is -2.13. The molecule has 0 spiro atoms. The molecule has 71 heavy (non-hydrogen) atoms. The van der Waals surface area contributed by atoms with Crippen molar-refractivity contribution in [3.8, 4) is 5.75 Å². The van der Waals surface area contributed by atoms with E-state index in [2.05, 4.69) is 0 Å². The van der Waals surface area contributed by atoms with Gasteiger partial charge in [0.15, 0.2) is 0 Å². The Balaban J connectivity index is 1.14. The minimum absolute atomic E-state index is 0.0303. The predicted octanol–water partition coefficient (Wildman–Crippen LogP) is 8.98. The van der Waals surface area contributed by atoms with E-state index in [1.165, 1.54) is 29.2 Å². The van der Waals surface area contributed by atoms with E-state index in [0.29, 0.717) is 68.9 Å². The van der Waals surface area contributed by atoms with Crippen molar-refractivity contribution in [1.29, 1.82) is 0 Å². The molecule has 2 aliphatic heterocycles. The highest BCUT2D eigenvalue weighted by molar-refractivity contribution is 7.79. The number of benzene rings is 1. The summed E-state index contributed by atoms with van der Waals surface area (Å²) >= 11 is 5.24. The summed E-state index contributed by atoms with van der Waals surface area (Å²) in [6, 6.07) is 5.57. The molecule has 2 heterocycles. The molecule has 16 nitrogen and oxygen atoms in total. The van der Waals surface area contributed by atoms with Crippen LogP contribution in [0, 0.1) is 33.8 Å². The second kappa shape index (κ2) is 29.5. The molecule has 1 aromatic carbocycles. The quantitative estimate of drug-likeness (QED) is 0.0160. The van der Waals surface area contributed by atoms with Crippen LogP contribution in [-0.2, 0) is 42.9 Å². The number of ketones is 3. The molecule has 3 fully saturated rings. The van der Waals surface area contributed by atoms with Crippen LogP contribution in [0.1, 0.15) is 137 Å². The Kier molecular flexibility index (Phi) is 24.4. The van der Waals surface area contributed by atoms with Crippen molar-refractivity contribution in [2.75, 3.05) is 20.2 Å². The number of non-ortho nitro benzene ring substituents is 1. The first-order chi connectivity index (χ1) is 33.8. The number of carbonyl (C=O) groups is 5. The molecular weight excluding hydrogens is 933 g/mol. The zero-order chi connectivity index (χ0) is 52.1. The molecule has 1 amide bonds. The van der Waals surface area contributed by atoms with Crippen LogP contribution in [0.25, 0.3) is 0 Å². The van der Waals surface area contributed by atoms with Crippen LogP contribution in [0.3, 0.4) is 0 Å². The molecule has 392 valence electrons. The van der Waals surface area contributed by atoms with Crippen molar-refractivity contribution < 1.29 is 62.8 Å². The van der Waals surface area contributed by atoms with Gasteiger partial charge in [0.05, 0.1) is 23.2 Å². The number of nitrogens with zero attached hydrogens (tertiary/aromatic N) is 2. The van der Waals surface area contributed by atoms with E-state index < -0.39 is 46.6 Å². The summed E-state index contributed by atoms with van der Waals surface area (Å²) in [5.74, 6) is -4.04. The number of nitro benzene ring substituents is 1. The largest absolute Gasteiger partial charge is 0.464 e. The van der Waals surface area contributed by atoms with Gasteiger partial charge in [-0.15, -0.1) is 0 Å². The maximum Gasteiger partial charge on any atom is 0.358 e. The summed E-state index contributed by atoms with van der Waals surface area (Å²) in [7, 11) is 1.60. The molecule has 2 N–H and O–H groups in total. The predicted molar refractivity (Wildman–Crippen MR) is 271 cm³/mol. The van der Waals surface area contributed by atoms with Crippen LogP contribution in [0.15, 0.2) is 71.9 Å². The summed E-state index contributed by atoms with van der Waals surface area (Å²) in [5.41, 5.74) is 1.39. The molecule has 8 atom stereocenters. The Morgan fingerprint density at radius 1 is 0.944 bits per heavy atom. The molecule has 3 aliphatic rings. The summed E-state index contributed by atoms with van der Waals surface area (Å²) in [6.45, 7) is 10.6. The van der Waals surface area contributed by atoms with E-state index in [9.17, 15) is 44.3 Å². The number of amides is 1. The number of aliphatic hydroxyl groups is 2. The molecule has 0 radical (unpaired) electrons. The maximum atomic E-state index is 13.3. The Bertz CT molecular complexity index is 2070. The second-order valence-electron chi connectivity index (χ2n) is 19.7. The fraction of sp³-hybridized carbons (Fsp3) is 0.630. The number of hydrogen-bond acceptors (Lipinski definition) is 15. The van der Waals surface area contributed by atoms with Gasteiger partial charge in [0.1, 0.15) is 29.5 Å². The van der Waals surface area contributed by atoms with Gasteiger partial charge in [-0.3, -0.25) is 34.1 Å². The van der Waals surface area contributed by atoms with Gasteiger partial charge in [-0.05, 0) is 126 Å². The normalized spacial score (nSPS) is 23.8. The van der Waals surface area contributed by atoms with Crippen molar-refractivity contribution in [2.24, 2.45) is 23.7 Å². The monoisotopic (exact) mass is 1010 g/mol. The molecule has 4 rings (SSSR count). The Hall–Kier alpha value is -4.94. The van der Waals surface area contributed by atoms with Crippen molar-refractivity contribution in [3.63, 3.8) is 0 Å². The average molecular weight is 1010 g/mol. The first-order valence-corrected chi connectivity index (χ1v) is 25.6. The van der Waals surface area contributed by atoms with Gasteiger partial charge >= 0.3 is 5.24 Å². The number of thiocarbonyl (C=S) groups is 1. The molecule has 2 saturated heterocycles. The fourth-order valence-electron chi connectivity index (χ4n) is 9.52. The number of allylic oxidation sites excluding steroid dienone is 6. The van der Waals surface area contributed by atoms with Crippen LogP contribution in [0.4, 0.5) is 5.69 Å². The summed E-state index contributed by atoms with van der Waals surface area (Å²) < 4.78 is 28.3. The molecular formula is C54H76N2O14S. The Morgan fingerprint density at radius 3 is 2.28 bits per heavy atom. The zero-order valence-corrected chi connectivity index (χ0v) is 43.2. The number of rotatable bonds is 27. The lowest BCUT2D eigenvalue weighted by Gasteiger charge is -2.38. The topological polar surface area (TPSA) is 218 Å². The highest BCUT2D eigenvalue weighted by Gasteiger charge is 2.47. The van der Waals surface area contributed by atoms with E-state index in [0.717, 1.165) is 56.9 Å². The lowest BCUT2D eigenvalue weighted by Crippen LogP contribution is -2.55. The summed E-state index contributed by atoms with van der Waals surface area (Å²) in [5, 5.41) is 32.9. The SMILES string of the molecule is CO[C@@H](CC1CCC[C@](O)(C(=O)C(=O)N2CCCCC2)O1)/C(C)=C/C=C/C=C/[C@@H](C)C[C@@H](C)C(=O)C[C@H](O)/C(C)=C/[C@@H](C)C(=O)C[C@@H](CCC1CCC(OC(=S)Oc2ccc([N+](=O)[O-])cc2)CC1)OC=O. The number of ether oxygens (including phenoxy) is 5. The van der Waals surface area contributed by atoms with Crippen LogP contribution in [0.5, 0.6) is 5.75 Å². The zero-order valence-electron chi connectivity index (χ0n) is 42.4. The van der Waals surface area contributed by atoms with Crippen LogP contribution in [0.2, 0.25) is 0 Å². The lowest BCUT2D eigenvalue weighted by molar-refractivity contribution is -0.384. The number of aliphatic hydroxyl groups excluding tert-OH is 1. The highest BCUT2D eigenvalue weighted by Crippen LogP contribution is 2.33. The van der Waals surface area contributed by atoms with E-state index in [-0.39, 0.29) is 65.8 Å². The molecule has 17 heteroatoms. The molecule has 0 bridgehead atoms. The summed E-state index contributed by atoms with van der Waals surface area (Å²) in [4.78, 5) is 75.7. The highest BCUT2D eigenvalue weighted by atomic mass is 32.1. The molecule has 1 aromatic rings. The van der Waals surface area contributed by atoms with Crippen LogP contribution in [-0.4, -0.2) is 112 Å².